The van der Waals surface area contributed by atoms with Crippen molar-refractivity contribution >= 4 is 21.6 Å². The van der Waals surface area contributed by atoms with E-state index in [1.54, 1.807) is 16.7 Å². The number of amides is 1. The van der Waals surface area contributed by atoms with Gasteiger partial charge in [0.1, 0.15) is 5.75 Å². The third-order valence-corrected chi connectivity index (χ3v) is 8.63. The lowest BCUT2D eigenvalue weighted by Crippen LogP contribution is -2.49. The Hall–Kier alpha value is -3.64. The smallest absolute Gasteiger partial charge is 0.406 e. The molecule has 2 aliphatic rings. The Balaban J connectivity index is 1.38. The SMILES string of the molecule is CC(=O)Nc1ccc(S(=O)(=O)N2C[C@@H]3C[C@H](C2)c2ccc(-c4ccc(OC(F)(F)F)cc4)c(=O)n2C3)cc1. The summed E-state index contributed by atoms with van der Waals surface area (Å²) in [5, 5.41) is 2.61. The van der Waals surface area contributed by atoms with E-state index in [-0.39, 0.29) is 47.0 Å². The van der Waals surface area contributed by atoms with Crippen molar-refractivity contribution in [1.29, 1.82) is 0 Å². The largest absolute Gasteiger partial charge is 0.573 e. The quantitative estimate of drug-likeness (QED) is 0.517. The van der Waals surface area contributed by atoms with Gasteiger partial charge in [0, 0.05) is 49.4 Å². The van der Waals surface area contributed by atoms with Crippen molar-refractivity contribution < 1.29 is 31.1 Å². The van der Waals surface area contributed by atoms with Gasteiger partial charge in [-0.1, -0.05) is 12.1 Å². The molecule has 2 aromatic carbocycles. The lowest BCUT2D eigenvalue weighted by molar-refractivity contribution is -0.274. The van der Waals surface area contributed by atoms with Gasteiger partial charge in [-0.2, -0.15) is 4.31 Å². The molecule has 3 heterocycles. The average molecular weight is 548 g/mol. The lowest BCUT2D eigenvalue weighted by Gasteiger charge is -2.42. The van der Waals surface area contributed by atoms with Crippen LogP contribution in [0.25, 0.3) is 11.1 Å². The summed E-state index contributed by atoms with van der Waals surface area (Å²) in [6.45, 7) is 2.17. The van der Waals surface area contributed by atoms with Crippen molar-refractivity contribution in [3.05, 3.63) is 76.7 Å². The van der Waals surface area contributed by atoms with Gasteiger partial charge in [-0.05, 0) is 66.4 Å². The Bertz CT molecular complexity index is 1530. The highest BCUT2D eigenvalue weighted by Crippen LogP contribution is 2.38. The number of alkyl halides is 3. The fourth-order valence-electron chi connectivity index (χ4n) is 5.22. The van der Waals surface area contributed by atoms with Gasteiger partial charge in [-0.15, -0.1) is 13.2 Å². The summed E-state index contributed by atoms with van der Waals surface area (Å²) < 4.78 is 71.1. The molecule has 2 bridgehead atoms. The van der Waals surface area contributed by atoms with Gasteiger partial charge in [0.2, 0.25) is 15.9 Å². The normalized spacial score (nSPS) is 19.5. The van der Waals surface area contributed by atoms with Crippen LogP contribution in [0.2, 0.25) is 0 Å². The topological polar surface area (TPSA) is 97.7 Å². The van der Waals surface area contributed by atoms with Gasteiger partial charge in [0.15, 0.2) is 0 Å². The number of nitrogens with one attached hydrogen (secondary N) is 1. The third kappa shape index (κ3) is 5.18. The number of fused-ring (bicyclic) bond motifs is 4. The molecule has 1 amide bonds. The standard InChI is InChI=1S/C26H24F3N3O5S/c1-16(33)30-20-4-8-22(9-5-20)38(35,36)31-13-17-12-19(15-31)24-11-10-23(25(34)32(24)14-17)18-2-6-21(7-3-18)37-26(27,28)29/h2-11,17,19H,12-15H2,1H3,(H,30,33)/t17-,19+/m0/s1. The van der Waals surface area contributed by atoms with E-state index in [0.29, 0.717) is 23.4 Å². The molecule has 1 N–H and O–H groups in total. The number of hydrogen-bond acceptors (Lipinski definition) is 5. The number of pyridine rings is 1. The van der Waals surface area contributed by atoms with Gasteiger partial charge in [0.05, 0.1) is 4.90 Å². The molecule has 200 valence electrons. The number of halogens is 3. The maximum atomic E-state index is 13.4. The van der Waals surface area contributed by atoms with Gasteiger partial charge < -0.3 is 14.6 Å². The molecule has 0 spiro atoms. The minimum absolute atomic E-state index is 0.0785. The molecule has 2 aliphatic heterocycles. The minimum atomic E-state index is -4.80. The number of aromatic nitrogens is 1. The maximum Gasteiger partial charge on any atom is 0.573 e. The van der Waals surface area contributed by atoms with Crippen molar-refractivity contribution in [3.8, 4) is 16.9 Å². The molecule has 8 nitrogen and oxygen atoms in total. The molecule has 0 aliphatic carbocycles. The number of anilines is 1. The second kappa shape index (κ2) is 9.59. The van der Waals surface area contributed by atoms with Crippen molar-refractivity contribution in [2.24, 2.45) is 5.92 Å². The van der Waals surface area contributed by atoms with E-state index in [0.717, 1.165) is 24.2 Å². The molecule has 1 saturated heterocycles. The molecule has 12 heteroatoms. The number of nitrogens with zero attached hydrogens (tertiary/aromatic N) is 2. The second-order valence-corrected chi connectivity index (χ2v) is 11.4. The van der Waals surface area contributed by atoms with Crippen molar-refractivity contribution in [2.45, 2.75) is 37.1 Å². The zero-order chi connectivity index (χ0) is 27.2. The molecule has 38 heavy (non-hydrogen) atoms. The van der Waals surface area contributed by atoms with Gasteiger partial charge in [-0.25, -0.2) is 8.42 Å². The Morgan fingerprint density at radius 3 is 2.29 bits per heavy atom. The summed E-state index contributed by atoms with van der Waals surface area (Å²) >= 11 is 0. The molecular formula is C26H24F3N3O5S. The van der Waals surface area contributed by atoms with Crippen LogP contribution in [0, 0.1) is 5.92 Å². The molecule has 0 saturated carbocycles. The van der Waals surface area contributed by atoms with Gasteiger partial charge in [-0.3, -0.25) is 9.59 Å². The zero-order valence-corrected chi connectivity index (χ0v) is 21.1. The first-order valence-corrected chi connectivity index (χ1v) is 13.3. The third-order valence-electron chi connectivity index (χ3n) is 6.78. The van der Waals surface area contributed by atoms with Crippen molar-refractivity contribution in [2.75, 3.05) is 18.4 Å². The van der Waals surface area contributed by atoms with E-state index in [9.17, 15) is 31.2 Å². The van der Waals surface area contributed by atoms with Crippen LogP contribution in [-0.2, 0) is 21.4 Å². The molecular weight excluding hydrogens is 523 g/mol. The zero-order valence-electron chi connectivity index (χ0n) is 20.2. The van der Waals surface area contributed by atoms with Crippen molar-refractivity contribution in [1.82, 2.24) is 8.87 Å². The number of benzene rings is 2. The van der Waals surface area contributed by atoms with E-state index in [1.807, 2.05) is 0 Å². The summed E-state index contributed by atoms with van der Waals surface area (Å²) in [6, 6.07) is 14.5. The number of hydrogen-bond donors (Lipinski definition) is 1. The number of rotatable bonds is 5. The summed E-state index contributed by atoms with van der Waals surface area (Å²) in [5.41, 5.74) is 1.76. The number of ether oxygens (including phenoxy) is 1. The first-order chi connectivity index (χ1) is 17.9. The highest BCUT2D eigenvalue weighted by atomic mass is 32.2. The van der Waals surface area contributed by atoms with Crippen LogP contribution in [0.3, 0.4) is 0 Å². The maximum absolute atomic E-state index is 13.4. The van der Waals surface area contributed by atoms with E-state index in [4.69, 9.17) is 0 Å². The molecule has 0 radical (unpaired) electrons. The second-order valence-electron chi connectivity index (χ2n) is 9.49. The molecule has 2 atom stereocenters. The summed E-state index contributed by atoms with van der Waals surface area (Å²) in [6.07, 6.45) is -4.06. The van der Waals surface area contributed by atoms with Crippen LogP contribution in [0.15, 0.2) is 70.4 Å². The summed E-state index contributed by atoms with van der Waals surface area (Å²) in [4.78, 5) is 24.7. The molecule has 1 aromatic heterocycles. The molecule has 5 rings (SSSR count). The Morgan fingerprint density at radius 2 is 1.66 bits per heavy atom. The predicted octanol–water partition coefficient (Wildman–Crippen LogP) is 4.18. The van der Waals surface area contributed by atoms with E-state index in [2.05, 4.69) is 10.1 Å². The van der Waals surface area contributed by atoms with Crippen LogP contribution in [0.5, 0.6) is 5.75 Å². The highest BCUT2D eigenvalue weighted by molar-refractivity contribution is 7.89. The highest BCUT2D eigenvalue weighted by Gasteiger charge is 2.40. The number of sulfonamides is 1. The molecule has 0 unspecified atom stereocenters. The molecule has 3 aromatic rings. The Kier molecular flexibility index (Phi) is 6.56. The first-order valence-electron chi connectivity index (χ1n) is 11.9. The predicted molar refractivity (Wildman–Crippen MR) is 133 cm³/mol. The molecule has 1 fully saturated rings. The van der Waals surface area contributed by atoms with Crippen LogP contribution >= 0.6 is 0 Å². The van der Waals surface area contributed by atoms with Crippen LogP contribution in [0.1, 0.15) is 25.0 Å². The summed E-state index contributed by atoms with van der Waals surface area (Å²) in [7, 11) is -3.79. The van der Waals surface area contributed by atoms with E-state index < -0.39 is 16.4 Å². The van der Waals surface area contributed by atoms with Gasteiger partial charge in [0.25, 0.3) is 5.56 Å². The van der Waals surface area contributed by atoms with E-state index >= 15 is 0 Å². The fourth-order valence-corrected chi connectivity index (χ4v) is 6.78. The van der Waals surface area contributed by atoms with Crippen molar-refractivity contribution in [3.63, 3.8) is 0 Å². The fraction of sp³-hybridized carbons (Fsp3) is 0.308. The lowest BCUT2D eigenvalue weighted by atomic mass is 9.84. The minimum Gasteiger partial charge on any atom is -0.406 e. The Morgan fingerprint density at radius 1 is 0.974 bits per heavy atom. The first kappa shape index (κ1) is 26.0. The monoisotopic (exact) mass is 547 g/mol. The number of carbonyl (C=O) groups excluding carboxylic acids is 1. The Labute approximate surface area is 216 Å². The van der Waals surface area contributed by atoms with Crippen LogP contribution in [-0.4, -0.2) is 42.6 Å². The van der Waals surface area contributed by atoms with Crippen LogP contribution < -0.4 is 15.6 Å². The average Bonchev–Trinajstić information content (AvgIpc) is 2.84. The number of carbonyl (C=O) groups is 1. The number of piperidine rings is 1. The summed E-state index contributed by atoms with van der Waals surface area (Å²) in [5.74, 6) is -0.889. The van der Waals surface area contributed by atoms with Crippen LogP contribution in [0.4, 0.5) is 18.9 Å². The van der Waals surface area contributed by atoms with Gasteiger partial charge >= 0.3 is 6.36 Å². The van der Waals surface area contributed by atoms with E-state index in [1.165, 1.54) is 47.6 Å².